The topological polar surface area (TPSA) is 38.3 Å². The van der Waals surface area contributed by atoms with Crippen LogP contribution in [0.25, 0.3) is 0 Å². The summed E-state index contributed by atoms with van der Waals surface area (Å²) in [6, 6.07) is 21.2. The Labute approximate surface area is 175 Å². The maximum Gasteiger partial charge on any atom is 0.255 e. The minimum Gasteiger partial charge on any atom is -0.494 e. The van der Waals surface area contributed by atoms with Crippen LogP contribution in [0.3, 0.4) is 0 Å². The van der Waals surface area contributed by atoms with Gasteiger partial charge in [0.05, 0.1) is 6.61 Å². The number of carbonyl (C=O) groups excluding carboxylic acids is 1. The second-order valence-electron chi connectivity index (χ2n) is 6.27. The maximum atomic E-state index is 12.8. The number of amides is 1. The molecule has 3 aromatic rings. The number of aryl methyl sites for hydroxylation is 1. The van der Waals surface area contributed by atoms with Gasteiger partial charge >= 0.3 is 0 Å². The minimum absolute atomic E-state index is 0.153. The molecule has 3 rings (SSSR count). The van der Waals surface area contributed by atoms with Gasteiger partial charge in [0, 0.05) is 32.5 Å². The van der Waals surface area contributed by atoms with E-state index in [9.17, 15) is 4.79 Å². The van der Waals surface area contributed by atoms with Crippen molar-refractivity contribution in [2.45, 2.75) is 24.5 Å². The molecule has 0 aliphatic carbocycles. The molecule has 0 atom stereocenters. The summed E-state index contributed by atoms with van der Waals surface area (Å²) in [6.45, 7) is 4.46. The summed E-state index contributed by atoms with van der Waals surface area (Å²) in [5.74, 6) is 1.38. The number of hydrogen-bond acceptors (Lipinski definition) is 3. The van der Waals surface area contributed by atoms with Crippen LogP contribution in [-0.4, -0.2) is 12.5 Å². The van der Waals surface area contributed by atoms with Gasteiger partial charge in [-0.1, -0.05) is 29.8 Å². The summed E-state index contributed by atoms with van der Waals surface area (Å²) in [5.41, 5.74) is 3.27. The largest absolute Gasteiger partial charge is 0.494 e. The average molecular weight is 412 g/mol. The Bertz CT molecular complexity index is 960. The zero-order chi connectivity index (χ0) is 19.9. The molecule has 5 heteroatoms. The lowest BCUT2D eigenvalue weighted by atomic mass is 10.1. The molecule has 0 saturated heterocycles. The van der Waals surface area contributed by atoms with Gasteiger partial charge in [-0.3, -0.25) is 4.79 Å². The Morgan fingerprint density at radius 2 is 1.86 bits per heavy atom. The van der Waals surface area contributed by atoms with Gasteiger partial charge in [0.15, 0.2) is 0 Å². The normalized spacial score (nSPS) is 10.5. The van der Waals surface area contributed by atoms with Gasteiger partial charge < -0.3 is 10.1 Å². The van der Waals surface area contributed by atoms with Crippen molar-refractivity contribution in [1.29, 1.82) is 0 Å². The van der Waals surface area contributed by atoms with E-state index < -0.39 is 0 Å². The van der Waals surface area contributed by atoms with Crippen molar-refractivity contribution < 1.29 is 9.53 Å². The Hall–Kier alpha value is -2.43. The fourth-order valence-electron chi connectivity index (χ4n) is 2.77. The molecule has 0 saturated carbocycles. The van der Waals surface area contributed by atoms with Crippen LogP contribution in [0.15, 0.2) is 71.6 Å². The number of thioether (sulfide) groups is 1. The molecule has 144 valence electrons. The van der Waals surface area contributed by atoms with Crippen LogP contribution in [0, 0.1) is 6.92 Å². The molecule has 0 heterocycles. The van der Waals surface area contributed by atoms with E-state index in [0.717, 1.165) is 28.3 Å². The zero-order valence-electron chi connectivity index (χ0n) is 15.9. The SMILES string of the molecule is CCOc1ccc(C(=O)Nc2ccc(Cl)cc2C)cc1CSc1ccccc1. The van der Waals surface area contributed by atoms with E-state index >= 15 is 0 Å². The van der Waals surface area contributed by atoms with Crippen molar-refractivity contribution in [2.75, 3.05) is 11.9 Å². The smallest absolute Gasteiger partial charge is 0.255 e. The second kappa shape index (κ2) is 9.67. The van der Waals surface area contributed by atoms with Gasteiger partial charge in [0.2, 0.25) is 0 Å². The monoisotopic (exact) mass is 411 g/mol. The molecule has 1 N–H and O–H groups in total. The summed E-state index contributed by atoms with van der Waals surface area (Å²) in [4.78, 5) is 13.9. The van der Waals surface area contributed by atoms with Crippen LogP contribution in [0.2, 0.25) is 5.02 Å². The maximum absolute atomic E-state index is 12.8. The lowest BCUT2D eigenvalue weighted by Gasteiger charge is -2.13. The fourth-order valence-corrected chi connectivity index (χ4v) is 3.89. The molecule has 0 bridgehead atoms. The van der Waals surface area contributed by atoms with E-state index in [1.165, 1.54) is 4.90 Å². The minimum atomic E-state index is -0.153. The Kier molecular flexibility index (Phi) is 7.01. The number of rotatable bonds is 7. The van der Waals surface area contributed by atoms with Crippen LogP contribution in [-0.2, 0) is 5.75 Å². The second-order valence-corrected chi connectivity index (χ2v) is 7.76. The summed E-state index contributed by atoms with van der Waals surface area (Å²) >= 11 is 7.71. The number of carbonyl (C=O) groups is 1. The number of nitrogens with one attached hydrogen (secondary N) is 1. The predicted octanol–water partition coefficient (Wildman–Crippen LogP) is 6.59. The number of benzene rings is 3. The first-order valence-electron chi connectivity index (χ1n) is 9.08. The third-order valence-electron chi connectivity index (χ3n) is 4.20. The van der Waals surface area contributed by atoms with Crippen molar-refractivity contribution >= 4 is 35.0 Å². The van der Waals surface area contributed by atoms with E-state index in [0.29, 0.717) is 17.2 Å². The Morgan fingerprint density at radius 3 is 2.57 bits per heavy atom. The van der Waals surface area contributed by atoms with E-state index in [2.05, 4.69) is 17.4 Å². The fraction of sp³-hybridized carbons (Fsp3) is 0.174. The molecule has 3 aromatic carbocycles. The standard InChI is InChI=1S/C23H22ClNO2S/c1-3-27-22-12-9-17(14-18(22)15-28-20-7-5-4-6-8-20)23(26)25-21-11-10-19(24)13-16(21)2/h4-14H,3,15H2,1-2H3,(H,25,26). The van der Waals surface area contributed by atoms with E-state index in [-0.39, 0.29) is 5.91 Å². The van der Waals surface area contributed by atoms with Crippen molar-refractivity contribution in [3.8, 4) is 5.75 Å². The number of halogens is 1. The number of anilines is 1. The summed E-state index contributed by atoms with van der Waals surface area (Å²) in [6.07, 6.45) is 0. The average Bonchev–Trinajstić information content (AvgIpc) is 2.70. The molecular weight excluding hydrogens is 390 g/mol. The van der Waals surface area contributed by atoms with Gasteiger partial charge in [-0.05, 0) is 67.9 Å². The Morgan fingerprint density at radius 1 is 1.07 bits per heavy atom. The molecule has 1 amide bonds. The van der Waals surface area contributed by atoms with Gasteiger partial charge in [-0.2, -0.15) is 0 Å². The molecule has 0 radical (unpaired) electrons. The molecule has 0 unspecified atom stereocenters. The molecule has 0 aromatic heterocycles. The first-order valence-corrected chi connectivity index (χ1v) is 10.4. The molecule has 3 nitrogen and oxygen atoms in total. The lowest BCUT2D eigenvalue weighted by molar-refractivity contribution is 0.102. The molecule has 0 aliphatic heterocycles. The van der Waals surface area contributed by atoms with Crippen molar-refractivity contribution in [2.24, 2.45) is 0 Å². The van der Waals surface area contributed by atoms with Crippen molar-refractivity contribution in [1.82, 2.24) is 0 Å². The van der Waals surface area contributed by atoms with Crippen LogP contribution in [0.4, 0.5) is 5.69 Å². The first-order chi connectivity index (χ1) is 13.6. The summed E-state index contributed by atoms with van der Waals surface area (Å²) in [7, 11) is 0. The summed E-state index contributed by atoms with van der Waals surface area (Å²) in [5, 5.41) is 3.61. The van der Waals surface area contributed by atoms with E-state index in [4.69, 9.17) is 16.3 Å². The van der Waals surface area contributed by atoms with Crippen molar-refractivity contribution in [3.05, 3.63) is 88.4 Å². The highest BCUT2D eigenvalue weighted by atomic mass is 35.5. The quantitative estimate of drug-likeness (QED) is 0.445. The van der Waals surface area contributed by atoms with Crippen LogP contribution < -0.4 is 10.1 Å². The van der Waals surface area contributed by atoms with Crippen LogP contribution >= 0.6 is 23.4 Å². The highest BCUT2D eigenvalue weighted by Crippen LogP contribution is 2.29. The number of ether oxygens (including phenoxy) is 1. The Balaban J connectivity index is 1.79. The third-order valence-corrected chi connectivity index (χ3v) is 5.49. The molecule has 0 spiro atoms. The number of hydrogen-bond donors (Lipinski definition) is 1. The highest BCUT2D eigenvalue weighted by molar-refractivity contribution is 7.98. The predicted molar refractivity (Wildman–Crippen MR) is 118 cm³/mol. The molecular formula is C23H22ClNO2S. The zero-order valence-corrected chi connectivity index (χ0v) is 17.4. The van der Waals surface area contributed by atoms with Gasteiger partial charge in [-0.25, -0.2) is 0 Å². The molecule has 0 fully saturated rings. The molecule has 0 aliphatic rings. The van der Waals surface area contributed by atoms with E-state index in [1.807, 2.05) is 56.3 Å². The van der Waals surface area contributed by atoms with Gasteiger partial charge in [0.1, 0.15) is 5.75 Å². The van der Waals surface area contributed by atoms with Gasteiger partial charge in [-0.15, -0.1) is 11.8 Å². The lowest BCUT2D eigenvalue weighted by Crippen LogP contribution is -2.13. The molecule has 28 heavy (non-hydrogen) atoms. The third kappa shape index (κ3) is 5.31. The highest BCUT2D eigenvalue weighted by Gasteiger charge is 2.12. The van der Waals surface area contributed by atoms with Gasteiger partial charge in [0.25, 0.3) is 5.91 Å². The van der Waals surface area contributed by atoms with Crippen LogP contribution in [0.5, 0.6) is 5.75 Å². The van der Waals surface area contributed by atoms with Crippen LogP contribution in [0.1, 0.15) is 28.4 Å². The van der Waals surface area contributed by atoms with Crippen molar-refractivity contribution in [3.63, 3.8) is 0 Å². The first kappa shape index (κ1) is 20.3. The van der Waals surface area contributed by atoms with E-state index in [1.54, 1.807) is 23.9 Å². The summed E-state index contributed by atoms with van der Waals surface area (Å²) < 4.78 is 5.75.